The van der Waals surface area contributed by atoms with Crippen LogP contribution in [0.2, 0.25) is 0 Å². The standard InChI is InChI=1S/C16H26N2O/c17-14(15(19)18-3-1-2-4-18)16-8-11-5-12(9-16)7-13(6-11)10-16/h11-14H,1-10,17H2. The number of hydrogen-bond donors (Lipinski definition) is 1. The zero-order chi connectivity index (χ0) is 13.0. The van der Waals surface area contributed by atoms with Gasteiger partial charge in [0.1, 0.15) is 0 Å². The number of carbonyl (C=O) groups excluding carboxylic acids is 1. The molecule has 5 aliphatic rings. The maximum absolute atomic E-state index is 12.7. The highest BCUT2D eigenvalue weighted by Gasteiger charge is 2.55. The summed E-state index contributed by atoms with van der Waals surface area (Å²) in [5, 5.41) is 0. The molecule has 0 spiro atoms. The van der Waals surface area contributed by atoms with E-state index < -0.39 is 0 Å². The van der Waals surface area contributed by atoms with Gasteiger partial charge in [-0.1, -0.05) is 0 Å². The van der Waals surface area contributed by atoms with Crippen LogP contribution < -0.4 is 5.73 Å². The maximum Gasteiger partial charge on any atom is 0.240 e. The molecule has 1 unspecified atom stereocenters. The lowest BCUT2D eigenvalue weighted by Crippen LogP contribution is -2.59. The van der Waals surface area contributed by atoms with Gasteiger partial charge in [-0.15, -0.1) is 0 Å². The molecule has 1 atom stereocenters. The molecule has 1 saturated heterocycles. The second-order valence-electron chi connectivity index (χ2n) is 7.79. The summed E-state index contributed by atoms with van der Waals surface area (Å²) in [4.78, 5) is 14.7. The van der Waals surface area contributed by atoms with Crippen molar-refractivity contribution in [1.82, 2.24) is 4.90 Å². The normalized spacial score (nSPS) is 45.7. The summed E-state index contributed by atoms with van der Waals surface area (Å²) in [6.07, 6.45) is 10.3. The van der Waals surface area contributed by atoms with Gasteiger partial charge in [0.15, 0.2) is 0 Å². The minimum atomic E-state index is -0.209. The van der Waals surface area contributed by atoms with Crippen molar-refractivity contribution in [3.05, 3.63) is 0 Å². The summed E-state index contributed by atoms with van der Waals surface area (Å²) in [5.74, 6) is 2.90. The van der Waals surface area contributed by atoms with E-state index >= 15 is 0 Å². The highest BCUT2D eigenvalue weighted by atomic mass is 16.2. The molecule has 5 fully saturated rings. The molecule has 4 bridgehead atoms. The van der Waals surface area contributed by atoms with Gasteiger partial charge < -0.3 is 10.6 Å². The van der Waals surface area contributed by atoms with Gasteiger partial charge in [-0.2, -0.15) is 0 Å². The first-order chi connectivity index (χ1) is 9.16. The number of nitrogens with two attached hydrogens (primary N) is 1. The summed E-state index contributed by atoms with van der Waals surface area (Å²) in [6.45, 7) is 1.89. The van der Waals surface area contributed by atoms with E-state index in [0.717, 1.165) is 30.8 Å². The van der Waals surface area contributed by atoms with Gasteiger partial charge in [0, 0.05) is 13.1 Å². The molecule has 0 aromatic heterocycles. The van der Waals surface area contributed by atoms with Gasteiger partial charge in [0.25, 0.3) is 0 Å². The van der Waals surface area contributed by atoms with Crippen LogP contribution in [0.15, 0.2) is 0 Å². The van der Waals surface area contributed by atoms with Crippen molar-refractivity contribution in [2.45, 2.75) is 57.4 Å². The fraction of sp³-hybridized carbons (Fsp3) is 0.938. The van der Waals surface area contributed by atoms with Crippen LogP contribution in [-0.4, -0.2) is 29.9 Å². The van der Waals surface area contributed by atoms with Crippen LogP contribution in [0.3, 0.4) is 0 Å². The molecule has 19 heavy (non-hydrogen) atoms. The van der Waals surface area contributed by atoms with E-state index in [1.807, 2.05) is 4.90 Å². The number of likely N-dealkylation sites (tertiary alicyclic amines) is 1. The van der Waals surface area contributed by atoms with Gasteiger partial charge in [-0.25, -0.2) is 0 Å². The van der Waals surface area contributed by atoms with Crippen LogP contribution in [0.5, 0.6) is 0 Å². The van der Waals surface area contributed by atoms with Crippen LogP contribution in [0.4, 0.5) is 0 Å². The Labute approximate surface area is 115 Å². The minimum absolute atomic E-state index is 0.175. The molecule has 4 saturated carbocycles. The predicted molar refractivity (Wildman–Crippen MR) is 74.4 cm³/mol. The number of amides is 1. The molecule has 0 radical (unpaired) electrons. The first kappa shape index (κ1) is 12.2. The van der Waals surface area contributed by atoms with E-state index in [2.05, 4.69) is 0 Å². The fourth-order valence-corrected chi connectivity index (χ4v) is 5.95. The third-order valence-corrected chi connectivity index (χ3v) is 6.43. The lowest BCUT2D eigenvalue weighted by Gasteiger charge is -2.58. The lowest BCUT2D eigenvalue weighted by molar-refractivity contribution is -0.142. The largest absolute Gasteiger partial charge is 0.341 e. The second kappa shape index (κ2) is 4.21. The molecule has 4 aliphatic carbocycles. The molecule has 2 N–H and O–H groups in total. The fourth-order valence-electron chi connectivity index (χ4n) is 5.95. The van der Waals surface area contributed by atoms with E-state index in [1.54, 1.807) is 0 Å². The number of rotatable bonds is 2. The minimum Gasteiger partial charge on any atom is -0.341 e. The molecule has 3 heteroatoms. The highest BCUT2D eigenvalue weighted by molar-refractivity contribution is 5.83. The number of carbonyl (C=O) groups is 1. The monoisotopic (exact) mass is 262 g/mol. The van der Waals surface area contributed by atoms with E-state index in [9.17, 15) is 4.79 Å². The van der Waals surface area contributed by atoms with Gasteiger partial charge >= 0.3 is 0 Å². The molecular weight excluding hydrogens is 236 g/mol. The van der Waals surface area contributed by atoms with Crippen molar-refractivity contribution < 1.29 is 4.79 Å². The van der Waals surface area contributed by atoms with Crippen molar-refractivity contribution in [2.75, 3.05) is 13.1 Å². The van der Waals surface area contributed by atoms with E-state index in [-0.39, 0.29) is 17.4 Å². The van der Waals surface area contributed by atoms with Crippen LogP contribution >= 0.6 is 0 Å². The van der Waals surface area contributed by atoms with Crippen LogP contribution in [0, 0.1) is 23.2 Å². The summed E-state index contributed by atoms with van der Waals surface area (Å²) in [5.41, 5.74) is 6.68. The second-order valence-corrected chi connectivity index (χ2v) is 7.79. The van der Waals surface area contributed by atoms with Crippen LogP contribution in [-0.2, 0) is 4.79 Å². The Morgan fingerprint density at radius 1 is 1.00 bits per heavy atom. The Hall–Kier alpha value is -0.570. The average Bonchev–Trinajstić information content (AvgIpc) is 2.89. The molecule has 5 rings (SSSR count). The molecule has 0 aromatic carbocycles. The Morgan fingerprint density at radius 3 is 1.95 bits per heavy atom. The Bertz CT molecular complexity index is 351. The molecule has 1 aliphatic heterocycles. The molecule has 1 amide bonds. The van der Waals surface area contributed by atoms with Gasteiger partial charge in [-0.05, 0) is 74.5 Å². The first-order valence-electron chi connectivity index (χ1n) is 8.21. The SMILES string of the molecule is NC(C(=O)N1CCCC1)C12CC3CC(CC(C3)C1)C2. The molecule has 1 heterocycles. The summed E-state index contributed by atoms with van der Waals surface area (Å²) in [7, 11) is 0. The molecule has 106 valence electrons. The zero-order valence-electron chi connectivity index (χ0n) is 11.8. The maximum atomic E-state index is 12.7. The third kappa shape index (κ3) is 1.84. The third-order valence-electron chi connectivity index (χ3n) is 6.43. The molecule has 3 nitrogen and oxygen atoms in total. The first-order valence-corrected chi connectivity index (χ1v) is 8.21. The Kier molecular flexibility index (Phi) is 2.70. The smallest absolute Gasteiger partial charge is 0.240 e. The average molecular weight is 262 g/mol. The Morgan fingerprint density at radius 2 is 1.47 bits per heavy atom. The molecule has 0 aromatic rings. The summed E-state index contributed by atoms with van der Waals surface area (Å²) < 4.78 is 0. The van der Waals surface area contributed by atoms with E-state index in [4.69, 9.17) is 5.73 Å². The van der Waals surface area contributed by atoms with Crippen molar-refractivity contribution in [1.29, 1.82) is 0 Å². The van der Waals surface area contributed by atoms with Crippen LogP contribution in [0.25, 0.3) is 0 Å². The van der Waals surface area contributed by atoms with Crippen molar-refractivity contribution >= 4 is 5.91 Å². The van der Waals surface area contributed by atoms with Crippen molar-refractivity contribution in [3.8, 4) is 0 Å². The quantitative estimate of drug-likeness (QED) is 0.829. The van der Waals surface area contributed by atoms with Gasteiger partial charge in [0.2, 0.25) is 5.91 Å². The van der Waals surface area contributed by atoms with E-state index in [1.165, 1.54) is 51.4 Å². The van der Waals surface area contributed by atoms with Gasteiger partial charge in [-0.3, -0.25) is 4.79 Å². The summed E-state index contributed by atoms with van der Waals surface area (Å²) >= 11 is 0. The topological polar surface area (TPSA) is 46.3 Å². The summed E-state index contributed by atoms with van der Waals surface area (Å²) in [6, 6.07) is -0.209. The number of nitrogens with zero attached hydrogens (tertiary/aromatic N) is 1. The van der Waals surface area contributed by atoms with E-state index in [0.29, 0.717) is 0 Å². The predicted octanol–water partition coefficient (Wildman–Crippen LogP) is 2.15. The van der Waals surface area contributed by atoms with Gasteiger partial charge in [0.05, 0.1) is 6.04 Å². The number of hydrogen-bond acceptors (Lipinski definition) is 2. The zero-order valence-corrected chi connectivity index (χ0v) is 11.8. The molecular formula is C16H26N2O. The highest BCUT2D eigenvalue weighted by Crippen LogP contribution is 2.61. The van der Waals surface area contributed by atoms with Crippen molar-refractivity contribution in [3.63, 3.8) is 0 Å². The Balaban J connectivity index is 1.55. The van der Waals surface area contributed by atoms with Crippen LogP contribution in [0.1, 0.15) is 51.4 Å². The lowest BCUT2D eigenvalue weighted by atomic mass is 9.47. The van der Waals surface area contributed by atoms with Crippen molar-refractivity contribution in [2.24, 2.45) is 28.9 Å².